The number of non-ortho nitro benzene ring substituents is 1. The third-order valence-electron chi connectivity index (χ3n) is 3.68. The first kappa shape index (κ1) is 17.5. The summed E-state index contributed by atoms with van der Waals surface area (Å²) in [4.78, 5) is 27.1. The van der Waals surface area contributed by atoms with Crippen LogP contribution in [0.5, 0.6) is 11.5 Å². The van der Waals surface area contributed by atoms with Gasteiger partial charge in [-0.3, -0.25) is 14.7 Å². The molecule has 0 aliphatic rings. The normalized spacial score (nSPS) is 10.6. The number of fused-ring (bicyclic) bond motifs is 1. The number of amides is 1. The zero-order chi connectivity index (χ0) is 18.8. The summed E-state index contributed by atoms with van der Waals surface area (Å²) in [6, 6.07) is 6.52. The second-order valence-electron chi connectivity index (χ2n) is 5.16. The number of nitrogens with zero attached hydrogens (tertiary/aromatic N) is 3. The summed E-state index contributed by atoms with van der Waals surface area (Å²) in [6.07, 6.45) is 1.28. The van der Waals surface area contributed by atoms with E-state index >= 15 is 0 Å². The fourth-order valence-corrected chi connectivity index (χ4v) is 2.65. The molecule has 10 heteroatoms. The van der Waals surface area contributed by atoms with Crippen LogP contribution < -0.4 is 14.8 Å². The van der Waals surface area contributed by atoms with Crippen molar-refractivity contribution in [3.05, 3.63) is 51.8 Å². The fraction of sp³-hybridized carbons (Fsp3) is 0.125. The number of anilines is 1. The fourth-order valence-electron chi connectivity index (χ4n) is 2.40. The van der Waals surface area contributed by atoms with E-state index in [9.17, 15) is 14.9 Å². The molecule has 0 saturated heterocycles. The lowest BCUT2D eigenvalue weighted by Crippen LogP contribution is -2.19. The SMILES string of the molecule is COc1cc(OC)c(NC(=O)n2cnc3ccc([N+](=O)[O-])cc32)cc1Cl. The largest absolute Gasteiger partial charge is 0.495 e. The molecule has 0 unspecified atom stereocenters. The minimum Gasteiger partial charge on any atom is -0.495 e. The highest BCUT2D eigenvalue weighted by Crippen LogP contribution is 2.36. The van der Waals surface area contributed by atoms with E-state index in [-0.39, 0.29) is 10.7 Å². The van der Waals surface area contributed by atoms with Crippen LogP contribution in [0.15, 0.2) is 36.7 Å². The minimum absolute atomic E-state index is 0.142. The number of carbonyl (C=O) groups excluding carboxylic acids is 1. The molecule has 0 atom stereocenters. The molecule has 1 heterocycles. The Morgan fingerprint density at radius 3 is 2.62 bits per heavy atom. The Balaban J connectivity index is 1.98. The van der Waals surface area contributed by atoms with Crippen LogP contribution in [-0.4, -0.2) is 34.7 Å². The average Bonchev–Trinajstić information content (AvgIpc) is 3.05. The van der Waals surface area contributed by atoms with Gasteiger partial charge in [-0.15, -0.1) is 0 Å². The predicted octanol–water partition coefficient (Wildman–Crippen LogP) is 3.70. The van der Waals surface area contributed by atoms with E-state index < -0.39 is 11.0 Å². The van der Waals surface area contributed by atoms with E-state index in [1.54, 1.807) is 0 Å². The highest BCUT2D eigenvalue weighted by molar-refractivity contribution is 6.32. The van der Waals surface area contributed by atoms with Crippen molar-refractivity contribution in [2.75, 3.05) is 19.5 Å². The number of hydrogen-bond acceptors (Lipinski definition) is 6. The quantitative estimate of drug-likeness (QED) is 0.549. The first-order chi connectivity index (χ1) is 12.4. The number of nitro benzene ring substituents is 1. The smallest absolute Gasteiger partial charge is 0.331 e. The zero-order valence-corrected chi connectivity index (χ0v) is 14.5. The molecule has 0 aliphatic carbocycles. The van der Waals surface area contributed by atoms with Crippen LogP contribution in [0, 0.1) is 10.1 Å². The van der Waals surface area contributed by atoms with E-state index in [2.05, 4.69) is 10.3 Å². The molecule has 0 spiro atoms. The lowest BCUT2D eigenvalue weighted by molar-refractivity contribution is -0.384. The van der Waals surface area contributed by atoms with Crippen LogP contribution in [0.2, 0.25) is 5.02 Å². The van der Waals surface area contributed by atoms with Gasteiger partial charge in [-0.25, -0.2) is 9.78 Å². The molecule has 9 nitrogen and oxygen atoms in total. The number of rotatable bonds is 4. The van der Waals surface area contributed by atoms with Gasteiger partial charge < -0.3 is 14.8 Å². The summed E-state index contributed by atoms with van der Waals surface area (Å²) in [5.41, 5.74) is 0.924. The molecule has 3 aromatic rings. The maximum atomic E-state index is 12.6. The van der Waals surface area contributed by atoms with E-state index in [1.807, 2.05) is 0 Å². The number of ether oxygens (including phenoxy) is 2. The zero-order valence-electron chi connectivity index (χ0n) is 13.7. The lowest BCUT2D eigenvalue weighted by atomic mass is 10.2. The number of nitrogens with one attached hydrogen (secondary N) is 1. The number of carbonyl (C=O) groups is 1. The number of halogens is 1. The first-order valence-corrected chi connectivity index (χ1v) is 7.66. The molecular formula is C16H13ClN4O5. The van der Waals surface area contributed by atoms with E-state index in [1.165, 1.54) is 55.4 Å². The second kappa shape index (κ2) is 6.89. The number of imidazole rings is 1. The first-order valence-electron chi connectivity index (χ1n) is 7.29. The van der Waals surface area contributed by atoms with E-state index in [4.69, 9.17) is 21.1 Å². The third kappa shape index (κ3) is 3.11. The number of aromatic nitrogens is 2. The Labute approximate surface area is 152 Å². The molecule has 26 heavy (non-hydrogen) atoms. The van der Waals surface area contributed by atoms with Gasteiger partial charge in [0.1, 0.15) is 17.8 Å². The van der Waals surface area contributed by atoms with Crippen LogP contribution in [0.25, 0.3) is 11.0 Å². The second-order valence-corrected chi connectivity index (χ2v) is 5.57. The maximum Gasteiger partial charge on any atom is 0.331 e. The van der Waals surface area contributed by atoms with Crippen LogP contribution >= 0.6 is 11.6 Å². The molecular weight excluding hydrogens is 364 g/mol. The molecule has 134 valence electrons. The highest BCUT2D eigenvalue weighted by atomic mass is 35.5. The summed E-state index contributed by atoms with van der Waals surface area (Å²) >= 11 is 6.09. The molecule has 0 saturated carbocycles. The molecule has 1 N–H and O–H groups in total. The van der Waals surface area contributed by atoms with Crippen molar-refractivity contribution in [2.45, 2.75) is 0 Å². The number of methoxy groups -OCH3 is 2. The van der Waals surface area contributed by atoms with Crippen molar-refractivity contribution in [1.82, 2.24) is 9.55 Å². The van der Waals surface area contributed by atoms with Gasteiger partial charge in [-0.1, -0.05) is 11.6 Å². The van der Waals surface area contributed by atoms with E-state index in [0.29, 0.717) is 28.2 Å². The van der Waals surface area contributed by atoms with Crippen molar-refractivity contribution in [3.63, 3.8) is 0 Å². The molecule has 2 aromatic carbocycles. The van der Waals surface area contributed by atoms with E-state index in [0.717, 1.165) is 0 Å². The van der Waals surface area contributed by atoms with Crippen LogP contribution in [0.1, 0.15) is 0 Å². The van der Waals surface area contributed by atoms with Gasteiger partial charge in [0.15, 0.2) is 0 Å². The van der Waals surface area contributed by atoms with Crippen molar-refractivity contribution in [1.29, 1.82) is 0 Å². The standard InChI is InChI=1S/C16H13ClN4O5/c1-25-14-7-15(26-2)12(6-10(14)17)19-16(22)20-8-18-11-4-3-9(21(23)24)5-13(11)20/h3-8H,1-2H3,(H,19,22). The third-order valence-corrected chi connectivity index (χ3v) is 3.97. The molecule has 0 radical (unpaired) electrons. The van der Waals surface area contributed by atoms with Crippen molar-refractivity contribution < 1.29 is 19.2 Å². The Morgan fingerprint density at radius 1 is 1.23 bits per heavy atom. The molecule has 1 amide bonds. The summed E-state index contributed by atoms with van der Waals surface area (Å²) in [5, 5.41) is 13.9. The Hall–Kier alpha value is -3.33. The van der Waals surface area contributed by atoms with Crippen molar-refractivity contribution >= 4 is 40.0 Å². The highest BCUT2D eigenvalue weighted by Gasteiger charge is 2.17. The van der Waals surface area contributed by atoms with Crippen LogP contribution in [-0.2, 0) is 0 Å². The molecule has 0 fully saturated rings. The van der Waals surface area contributed by atoms with Gasteiger partial charge in [0.2, 0.25) is 0 Å². The van der Waals surface area contributed by atoms with Crippen molar-refractivity contribution in [2.24, 2.45) is 0 Å². The summed E-state index contributed by atoms with van der Waals surface area (Å²) < 4.78 is 11.5. The van der Waals surface area contributed by atoms with Gasteiger partial charge in [-0.2, -0.15) is 0 Å². The molecule has 3 rings (SSSR count). The van der Waals surface area contributed by atoms with Crippen LogP contribution in [0.3, 0.4) is 0 Å². The van der Waals surface area contributed by atoms with Crippen LogP contribution in [0.4, 0.5) is 16.2 Å². The van der Waals surface area contributed by atoms with Gasteiger partial charge in [0.05, 0.1) is 40.9 Å². The van der Waals surface area contributed by atoms with Gasteiger partial charge >= 0.3 is 6.03 Å². The monoisotopic (exact) mass is 376 g/mol. The summed E-state index contributed by atoms with van der Waals surface area (Å²) in [6.45, 7) is 0. The van der Waals surface area contributed by atoms with Gasteiger partial charge in [-0.05, 0) is 12.1 Å². The predicted molar refractivity (Wildman–Crippen MR) is 95.4 cm³/mol. The maximum absolute atomic E-state index is 12.6. The molecule has 0 bridgehead atoms. The van der Waals surface area contributed by atoms with Crippen molar-refractivity contribution in [3.8, 4) is 11.5 Å². The molecule has 1 aromatic heterocycles. The number of nitro groups is 1. The average molecular weight is 377 g/mol. The van der Waals surface area contributed by atoms with Gasteiger partial charge in [0.25, 0.3) is 5.69 Å². The Kier molecular flexibility index (Phi) is 4.63. The molecule has 0 aliphatic heterocycles. The Morgan fingerprint density at radius 2 is 1.96 bits per heavy atom. The summed E-state index contributed by atoms with van der Waals surface area (Å²) in [7, 11) is 2.90. The number of benzene rings is 2. The number of hydrogen-bond donors (Lipinski definition) is 1. The lowest BCUT2D eigenvalue weighted by Gasteiger charge is -2.13. The topological polar surface area (TPSA) is 109 Å². The van der Waals surface area contributed by atoms with Gasteiger partial charge in [0, 0.05) is 18.2 Å². The Bertz CT molecular complexity index is 1020. The minimum atomic E-state index is -0.576. The summed E-state index contributed by atoms with van der Waals surface area (Å²) in [5.74, 6) is 0.736.